The molecule has 2 aromatic carbocycles. The van der Waals surface area contributed by atoms with Crippen LogP contribution in [0.1, 0.15) is 11.1 Å². The lowest BCUT2D eigenvalue weighted by atomic mass is 10.2. The van der Waals surface area contributed by atoms with Crippen LogP contribution in [0.3, 0.4) is 0 Å². The number of halogens is 1. The van der Waals surface area contributed by atoms with Crippen LogP contribution in [0.4, 0.5) is 23.1 Å². The van der Waals surface area contributed by atoms with Gasteiger partial charge in [0.15, 0.2) is 0 Å². The van der Waals surface area contributed by atoms with Gasteiger partial charge in [-0.3, -0.25) is 0 Å². The van der Waals surface area contributed by atoms with Gasteiger partial charge in [-0.05, 0) is 61.4 Å². The van der Waals surface area contributed by atoms with Crippen LogP contribution >= 0.6 is 15.9 Å². The average Bonchev–Trinajstić information content (AvgIpc) is 2.51. The minimum absolute atomic E-state index is 0.563. The second-order valence-electron chi connectivity index (χ2n) is 5.34. The van der Waals surface area contributed by atoms with Crippen molar-refractivity contribution in [2.45, 2.75) is 13.8 Å². The Morgan fingerprint density at radius 1 is 0.957 bits per heavy atom. The van der Waals surface area contributed by atoms with Crippen molar-refractivity contribution in [2.24, 2.45) is 0 Å². The molecular formula is C18H17BrN4. The van der Waals surface area contributed by atoms with Crippen LogP contribution in [0.2, 0.25) is 0 Å². The molecule has 3 rings (SSSR count). The van der Waals surface area contributed by atoms with Crippen molar-refractivity contribution in [1.82, 2.24) is 9.97 Å². The number of nitrogens with one attached hydrogen (secondary N) is 2. The first kappa shape index (κ1) is 15.5. The van der Waals surface area contributed by atoms with Crippen molar-refractivity contribution in [2.75, 3.05) is 10.6 Å². The van der Waals surface area contributed by atoms with Gasteiger partial charge in [0.05, 0.1) is 0 Å². The number of nitrogens with zero attached hydrogens (tertiary/aromatic N) is 2. The van der Waals surface area contributed by atoms with E-state index in [1.54, 1.807) is 6.20 Å². The Hall–Kier alpha value is -2.40. The largest absolute Gasteiger partial charge is 0.340 e. The molecule has 0 aliphatic rings. The monoisotopic (exact) mass is 368 g/mol. The Bertz CT molecular complexity index is 833. The van der Waals surface area contributed by atoms with Gasteiger partial charge >= 0.3 is 0 Å². The van der Waals surface area contributed by atoms with Gasteiger partial charge in [0, 0.05) is 22.0 Å². The van der Waals surface area contributed by atoms with Crippen LogP contribution in [0, 0.1) is 13.8 Å². The third-order valence-corrected chi connectivity index (χ3v) is 3.87. The lowest BCUT2D eigenvalue weighted by molar-refractivity contribution is 1.16. The van der Waals surface area contributed by atoms with Gasteiger partial charge in [-0.15, -0.1) is 0 Å². The predicted molar refractivity (Wildman–Crippen MR) is 98.7 cm³/mol. The molecule has 0 fully saturated rings. The fourth-order valence-electron chi connectivity index (χ4n) is 2.25. The molecule has 1 aromatic heterocycles. The molecule has 0 amide bonds. The van der Waals surface area contributed by atoms with Gasteiger partial charge in [0.25, 0.3) is 0 Å². The van der Waals surface area contributed by atoms with Crippen molar-refractivity contribution in [3.05, 3.63) is 70.3 Å². The molecular weight excluding hydrogens is 352 g/mol. The third-order valence-electron chi connectivity index (χ3n) is 3.38. The summed E-state index contributed by atoms with van der Waals surface area (Å²) in [5.74, 6) is 1.32. The van der Waals surface area contributed by atoms with Gasteiger partial charge in [0.2, 0.25) is 5.95 Å². The summed E-state index contributed by atoms with van der Waals surface area (Å²) in [6.45, 7) is 4.11. The maximum atomic E-state index is 4.51. The van der Waals surface area contributed by atoms with Gasteiger partial charge < -0.3 is 10.6 Å². The van der Waals surface area contributed by atoms with Crippen LogP contribution in [0.25, 0.3) is 0 Å². The lowest BCUT2D eigenvalue weighted by Gasteiger charge is -2.10. The van der Waals surface area contributed by atoms with E-state index in [0.29, 0.717) is 5.95 Å². The first-order valence-corrected chi connectivity index (χ1v) is 8.09. The molecule has 5 heteroatoms. The van der Waals surface area contributed by atoms with Gasteiger partial charge in [-0.2, -0.15) is 4.98 Å². The van der Waals surface area contributed by atoms with Crippen LogP contribution in [-0.4, -0.2) is 9.97 Å². The SMILES string of the molecule is Cc1cccc(Nc2ccnc(Nc3ccc(Br)cc3C)n2)c1. The topological polar surface area (TPSA) is 49.8 Å². The highest BCUT2D eigenvalue weighted by Crippen LogP contribution is 2.23. The predicted octanol–water partition coefficient (Wildman–Crippen LogP) is 5.34. The number of hydrogen-bond donors (Lipinski definition) is 2. The third kappa shape index (κ3) is 4.07. The molecule has 0 spiro atoms. The first-order valence-electron chi connectivity index (χ1n) is 7.30. The van der Waals surface area contributed by atoms with E-state index in [2.05, 4.69) is 61.7 Å². The minimum Gasteiger partial charge on any atom is -0.340 e. The maximum Gasteiger partial charge on any atom is 0.229 e. The van der Waals surface area contributed by atoms with E-state index in [-0.39, 0.29) is 0 Å². The Labute approximate surface area is 144 Å². The molecule has 0 saturated heterocycles. The summed E-state index contributed by atoms with van der Waals surface area (Å²) >= 11 is 3.47. The fraction of sp³-hybridized carbons (Fsp3) is 0.111. The number of aromatic nitrogens is 2. The Balaban J connectivity index is 1.79. The number of benzene rings is 2. The maximum absolute atomic E-state index is 4.51. The van der Waals surface area contributed by atoms with E-state index < -0.39 is 0 Å². The van der Waals surface area contributed by atoms with Crippen molar-refractivity contribution in [3.8, 4) is 0 Å². The average molecular weight is 369 g/mol. The standard InChI is InChI=1S/C18H17BrN4/c1-12-4-3-5-15(10-12)21-17-8-9-20-18(23-17)22-16-7-6-14(19)11-13(16)2/h3-11H,1-2H3,(H2,20,21,22,23). The minimum atomic E-state index is 0.563. The zero-order valence-electron chi connectivity index (χ0n) is 13.0. The number of rotatable bonds is 4. The molecule has 4 nitrogen and oxygen atoms in total. The normalized spacial score (nSPS) is 10.4. The quantitative estimate of drug-likeness (QED) is 0.652. The van der Waals surface area contributed by atoms with Crippen molar-refractivity contribution in [1.29, 1.82) is 0 Å². The molecule has 0 unspecified atom stereocenters. The van der Waals surface area contributed by atoms with E-state index in [4.69, 9.17) is 0 Å². The van der Waals surface area contributed by atoms with Crippen molar-refractivity contribution in [3.63, 3.8) is 0 Å². The smallest absolute Gasteiger partial charge is 0.229 e. The highest BCUT2D eigenvalue weighted by atomic mass is 79.9. The van der Waals surface area contributed by atoms with E-state index in [9.17, 15) is 0 Å². The molecule has 0 atom stereocenters. The van der Waals surface area contributed by atoms with E-state index in [1.807, 2.05) is 37.3 Å². The summed E-state index contributed by atoms with van der Waals surface area (Å²) in [6.07, 6.45) is 1.74. The summed E-state index contributed by atoms with van der Waals surface area (Å²) in [7, 11) is 0. The Morgan fingerprint density at radius 3 is 2.61 bits per heavy atom. The summed E-state index contributed by atoms with van der Waals surface area (Å²) < 4.78 is 1.05. The lowest BCUT2D eigenvalue weighted by Crippen LogP contribution is -2.01. The van der Waals surface area contributed by atoms with Crippen LogP contribution in [-0.2, 0) is 0 Å². The molecule has 0 radical (unpaired) electrons. The fourth-order valence-corrected chi connectivity index (χ4v) is 2.72. The van der Waals surface area contributed by atoms with Crippen molar-refractivity contribution >= 4 is 39.1 Å². The molecule has 2 N–H and O–H groups in total. The van der Waals surface area contributed by atoms with Crippen LogP contribution < -0.4 is 10.6 Å². The summed E-state index contributed by atoms with van der Waals surface area (Å²) in [4.78, 5) is 8.79. The molecule has 0 aliphatic carbocycles. The molecule has 116 valence electrons. The number of anilines is 4. The van der Waals surface area contributed by atoms with Gasteiger partial charge in [-0.25, -0.2) is 4.98 Å². The first-order chi connectivity index (χ1) is 11.1. The molecule has 0 saturated carbocycles. The van der Waals surface area contributed by atoms with Gasteiger partial charge in [-0.1, -0.05) is 28.1 Å². The van der Waals surface area contributed by atoms with E-state index in [0.717, 1.165) is 27.2 Å². The number of hydrogen-bond acceptors (Lipinski definition) is 4. The molecule has 3 aromatic rings. The van der Waals surface area contributed by atoms with E-state index in [1.165, 1.54) is 5.56 Å². The summed E-state index contributed by atoms with van der Waals surface area (Å²) in [6, 6.07) is 16.1. The Morgan fingerprint density at radius 2 is 1.83 bits per heavy atom. The molecule has 0 aliphatic heterocycles. The molecule has 23 heavy (non-hydrogen) atoms. The zero-order chi connectivity index (χ0) is 16.2. The van der Waals surface area contributed by atoms with Gasteiger partial charge in [0.1, 0.15) is 5.82 Å². The van der Waals surface area contributed by atoms with Crippen LogP contribution in [0.5, 0.6) is 0 Å². The summed E-state index contributed by atoms with van der Waals surface area (Å²) in [5.41, 5.74) is 4.32. The highest BCUT2D eigenvalue weighted by molar-refractivity contribution is 9.10. The highest BCUT2D eigenvalue weighted by Gasteiger charge is 2.04. The van der Waals surface area contributed by atoms with Crippen LogP contribution in [0.15, 0.2) is 59.2 Å². The van der Waals surface area contributed by atoms with E-state index >= 15 is 0 Å². The second-order valence-corrected chi connectivity index (χ2v) is 6.26. The Kier molecular flexibility index (Phi) is 4.57. The molecule has 1 heterocycles. The second kappa shape index (κ2) is 6.79. The summed E-state index contributed by atoms with van der Waals surface area (Å²) in [5, 5.41) is 6.55. The molecule has 0 bridgehead atoms. The number of aryl methyl sites for hydroxylation is 2. The van der Waals surface area contributed by atoms with Crippen molar-refractivity contribution < 1.29 is 0 Å². The zero-order valence-corrected chi connectivity index (χ0v) is 14.6.